The minimum Gasteiger partial charge on any atom is -0.326 e. The number of benzene rings is 3. The van der Waals surface area contributed by atoms with Gasteiger partial charge in [0.05, 0.1) is 44.4 Å². The highest BCUT2D eigenvalue weighted by Gasteiger charge is 2.67. The van der Waals surface area contributed by atoms with Crippen LogP contribution in [0.5, 0.6) is 0 Å². The van der Waals surface area contributed by atoms with Crippen LogP contribution < -0.4 is 16.1 Å². The summed E-state index contributed by atoms with van der Waals surface area (Å²) in [5, 5.41) is 5.96. The van der Waals surface area contributed by atoms with Crippen LogP contribution in [0.15, 0.2) is 48.5 Å². The van der Waals surface area contributed by atoms with Gasteiger partial charge in [-0.05, 0) is 54.1 Å². The summed E-state index contributed by atoms with van der Waals surface area (Å²) in [7, 11) is 1.37. The van der Waals surface area contributed by atoms with E-state index in [9.17, 15) is 14.0 Å². The molecule has 0 aromatic heterocycles. The third kappa shape index (κ3) is 6.04. The summed E-state index contributed by atoms with van der Waals surface area (Å²) >= 11 is 37.3. The highest BCUT2D eigenvalue weighted by Crippen LogP contribution is 2.65. The zero-order chi connectivity index (χ0) is 27.1. The van der Waals surface area contributed by atoms with Crippen LogP contribution in [-0.4, -0.2) is 23.3 Å². The Balaban J connectivity index is 1.51. The maximum absolute atomic E-state index is 13.9. The molecular formula is C24H16Cl6FN3O3. The lowest BCUT2D eigenvalue weighted by Crippen LogP contribution is -2.18. The first-order chi connectivity index (χ1) is 17.4. The standard InChI is InChI=1S/C24H16Cl6FN3O3/c1-37-34-14-7-11(31)6-13(8-14)33-22(35)15-9-12(2-3-16(15)25)32-23(36)20-19(24(20,29)30)10-4-17(26)21(28)18(27)5-10/h2-9,19-20,34H,1H3,(H,32,36)(H,33,35)/t19-,20?/m0/s1. The van der Waals surface area contributed by atoms with Crippen LogP contribution >= 0.6 is 69.6 Å². The topological polar surface area (TPSA) is 79.5 Å². The first-order valence-corrected chi connectivity index (χ1v) is 12.7. The lowest BCUT2D eigenvalue weighted by atomic mass is 10.1. The van der Waals surface area contributed by atoms with E-state index in [1.165, 1.54) is 37.4 Å². The molecule has 1 saturated carbocycles. The molecule has 13 heteroatoms. The number of hydrogen-bond acceptors (Lipinski definition) is 4. The molecule has 4 rings (SSSR count). The summed E-state index contributed by atoms with van der Waals surface area (Å²) in [5.74, 6) is -3.16. The molecule has 6 nitrogen and oxygen atoms in total. The molecule has 0 bridgehead atoms. The number of carbonyl (C=O) groups excluding carboxylic acids is 2. The number of amides is 2. The fourth-order valence-corrected chi connectivity index (χ4v) is 5.50. The summed E-state index contributed by atoms with van der Waals surface area (Å²) in [5.41, 5.74) is 3.79. The van der Waals surface area contributed by atoms with E-state index in [1.807, 2.05) is 0 Å². The molecule has 0 radical (unpaired) electrons. The molecule has 0 aliphatic heterocycles. The molecule has 1 unspecified atom stereocenters. The first-order valence-electron chi connectivity index (χ1n) is 10.5. The average Bonchev–Trinajstić information content (AvgIpc) is 3.40. The number of rotatable bonds is 7. The Bertz CT molecular complexity index is 1380. The molecule has 3 N–H and O–H groups in total. The fourth-order valence-electron chi connectivity index (χ4n) is 3.86. The number of anilines is 3. The number of carbonyl (C=O) groups is 2. The van der Waals surface area contributed by atoms with E-state index in [-0.39, 0.29) is 42.7 Å². The third-order valence-corrected chi connectivity index (χ3v) is 8.02. The quantitative estimate of drug-likeness (QED) is 0.141. The first kappa shape index (κ1) is 28.0. The maximum Gasteiger partial charge on any atom is 0.257 e. The predicted molar refractivity (Wildman–Crippen MR) is 147 cm³/mol. The van der Waals surface area contributed by atoms with E-state index in [0.717, 1.165) is 6.07 Å². The Morgan fingerprint density at radius 1 is 0.865 bits per heavy atom. The van der Waals surface area contributed by atoms with E-state index in [1.54, 1.807) is 12.1 Å². The van der Waals surface area contributed by atoms with E-state index < -0.39 is 33.8 Å². The van der Waals surface area contributed by atoms with E-state index in [2.05, 4.69) is 16.1 Å². The Morgan fingerprint density at radius 3 is 2.16 bits per heavy atom. The summed E-state index contributed by atoms with van der Waals surface area (Å²) in [4.78, 5) is 30.7. The van der Waals surface area contributed by atoms with E-state index in [0.29, 0.717) is 5.56 Å². The van der Waals surface area contributed by atoms with Gasteiger partial charge in [-0.2, -0.15) is 0 Å². The van der Waals surface area contributed by atoms with Gasteiger partial charge < -0.3 is 10.6 Å². The predicted octanol–water partition coefficient (Wildman–Crippen LogP) is 8.19. The van der Waals surface area contributed by atoms with Crippen molar-refractivity contribution < 1.29 is 18.8 Å². The molecule has 2 amide bonds. The summed E-state index contributed by atoms with van der Waals surface area (Å²) in [6.07, 6.45) is 0. The summed E-state index contributed by atoms with van der Waals surface area (Å²) < 4.78 is 12.5. The van der Waals surface area contributed by atoms with E-state index in [4.69, 9.17) is 74.4 Å². The molecule has 2 atom stereocenters. The van der Waals surface area contributed by atoms with Gasteiger partial charge in [-0.3, -0.25) is 19.9 Å². The van der Waals surface area contributed by atoms with Gasteiger partial charge >= 0.3 is 0 Å². The Kier molecular flexibility index (Phi) is 8.36. The van der Waals surface area contributed by atoms with E-state index >= 15 is 0 Å². The van der Waals surface area contributed by atoms with Gasteiger partial charge in [0.1, 0.15) is 10.2 Å². The number of alkyl halides is 2. The van der Waals surface area contributed by atoms with Crippen molar-refractivity contribution in [2.24, 2.45) is 5.92 Å². The number of nitrogens with one attached hydrogen (secondary N) is 3. The Morgan fingerprint density at radius 2 is 1.51 bits per heavy atom. The second-order valence-electron chi connectivity index (χ2n) is 8.10. The Labute approximate surface area is 241 Å². The monoisotopic (exact) mass is 623 g/mol. The van der Waals surface area contributed by atoms with Gasteiger partial charge in [-0.25, -0.2) is 4.39 Å². The summed E-state index contributed by atoms with van der Waals surface area (Å²) in [6, 6.07) is 11.2. The van der Waals surface area contributed by atoms with Crippen molar-refractivity contribution in [3.8, 4) is 0 Å². The lowest BCUT2D eigenvalue weighted by Gasteiger charge is -2.12. The van der Waals surface area contributed by atoms with Crippen molar-refractivity contribution in [3.05, 3.63) is 85.6 Å². The molecule has 1 aliphatic carbocycles. The van der Waals surface area contributed by atoms with Gasteiger partial charge in [0.25, 0.3) is 5.91 Å². The van der Waals surface area contributed by atoms with Gasteiger partial charge in [0.2, 0.25) is 5.91 Å². The SMILES string of the molecule is CONc1cc(F)cc(NC(=O)c2cc(NC(=O)C3[C@H](c4cc(Cl)c(Cl)c(Cl)c4)C3(Cl)Cl)ccc2Cl)c1. The largest absolute Gasteiger partial charge is 0.326 e. The highest BCUT2D eigenvalue weighted by molar-refractivity contribution is 6.54. The second kappa shape index (κ2) is 11.0. The van der Waals surface area contributed by atoms with Gasteiger partial charge in [-0.1, -0.05) is 46.4 Å². The van der Waals surface area contributed by atoms with Crippen LogP contribution in [0.2, 0.25) is 20.1 Å². The smallest absolute Gasteiger partial charge is 0.257 e. The van der Waals surface area contributed by atoms with Crippen LogP contribution in [0.4, 0.5) is 21.5 Å². The summed E-state index contributed by atoms with van der Waals surface area (Å²) in [6.45, 7) is 0. The molecule has 0 heterocycles. The van der Waals surface area contributed by atoms with Crippen LogP contribution in [0.1, 0.15) is 21.8 Å². The molecule has 3 aromatic carbocycles. The van der Waals surface area contributed by atoms with Gasteiger partial charge in [0, 0.05) is 17.3 Å². The zero-order valence-electron chi connectivity index (χ0n) is 18.6. The van der Waals surface area contributed by atoms with Crippen LogP contribution in [0.3, 0.4) is 0 Å². The Hall–Kier alpha value is -1.97. The molecule has 37 heavy (non-hydrogen) atoms. The second-order valence-corrected chi connectivity index (χ2v) is 11.1. The number of halogens is 7. The average molecular weight is 626 g/mol. The zero-order valence-corrected chi connectivity index (χ0v) is 23.2. The van der Waals surface area contributed by atoms with Crippen LogP contribution in [0, 0.1) is 11.7 Å². The normalized spacial score (nSPS) is 17.7. The number of hydrogen-bond donors (Lipinski definition) is 3. The maximum atomic E-state index is 13.9. The molecule has 0 spiro atoms. The third-order valence-electron chi connectivity index (χ3n) is 5.56. The van der Waals surface area contributed by atoms with Crippen LogP contribution in [-0.2, 0) is 9.63 Å². The minimum absolute atomic E-state index is 0.0385. The van der Waals surface area contributed by atoms with Gasteiger partial charge in [-0.15, -0.1) is 23.2 Å². The minimum atomic E-state index is -1.41. The molecule has 1 fully saturated rings. The van der Waals surface area contributed by atoms with Crippen molar-refractivity contribution in [1.29, 1.82) is 0 Å². The molecule has 194 valence electrons. The van der Waals surface area contributed by atoms with Crippen molar-refractivity contribution in [2.45, 2.75) is 10.3 Å². The van der Waals surface area contributed by atoms with Crippen LogP contribution in [0.25, 0.3) is 0 Å². The molecule has 1 aliphatic rings. The highest BCUT2D eigenvalue weighted by atomic mass is 35.5. The lowest BCUT2D eigenvalue weighted by molar-refractivity contribution is -0.117. The molecule has 0 saturated heterocycles. The van der Waals surface area contributed by atoms with Gasteiger partial charge in [0.15, 0.2) is 0 Å². The fraction of sp³-hybridized carbons (Fsp3) is 0.167. The van der Waals surface area contributed by atoms with Crippen molar-refractivity contribution >= 4 is 98.5 Å². The molecule has 3 aromatic rings. The van der Waals surface area contributed by atoms with Crippen molar-refractivity contribution in [1.82, 2.24) is 0 Å². The van der Waals surface area contributed by atoms with Crippen molar-refractivity contribution in [2.75, 3.05) is 23.2 Å². The van der Waals surface area contributed by atoms with Crippen molar-refractivity contribution in [3.63, 3.8) is 0 Å². The molecular weight excluding hydrogens is 610 g/mol.